The summed E-state index contributed by atoms with van der Waals surface area (Å²) in [5.41, 5.74) is 2.53. The standard InChI is InChI=1S/C10H22N2O2/c1-6-7-8-11-12(5)9(13)14-10(2,3)4/h11H,6-8H2,1-5H3. The van der Waals surface area contributed by atoms with Crippen LogP contribution in [0.4, 0.5) is 4.79 Å². The largest absolute Gasteiger partial charge is 0.443 e. The summed E-state index contributed by atoms with van der Waals surface area (Å²) < 4.78 is 5.15. The predicted molar refractivity (Wildman–Crippen MR) is 56.9 cm³/mol. The molecule has 0 rings (SSSR count). The molecule has 0 aromatic carbocycles. The van der Waals surface area contributed by atoms with E-state index >= 15 is 0 Å². The molecule has 0 fully saturated rings. The van der Waals surface area contributed by atoms with Crippen molar-refractivity contribution in [2.75, 3.05) is 13.6 Å². The quantitative estimate of drug-likeness (QED) is 0.561. The molecular weight excluding hydrogens is 180 g/mol. The lowest BCUT2D eigenvalue weighted by Gasteiger charge is -2.24. The van der Waals surface area contributed by atoms with Crippen molar-refractivity contribution < 1.29 is 9.53 Å². The minimum absolute atomic E-state index is 0.339. The molecule has 0 spiro atoms. The fraction of sp³-hybridized carbons (Fsp3) is 0.900. The van der Waals surface area contributed by atoms with Crippen LogP contribution in [0, 0.1) is 0 Å². The van der Waals surface area contributed by atoms with E-state index in [1.54, 1.807) is 7.05 Å². The monoisotopic (exact) mass is 202 g/mol. The van der Waals surface area contributed by atoms with E-state index < -0.39 is 5.60 Å². The Bertz CT molecular complexity index is 175. The normalized spacial score (nSPS) is 11.2. The van der Waals surface area contributed by atoms with E-state index in [4.69, 9.17) is 4.74 Å². The molecule has 0 atom stereocenters. The number of hydrazine groups is 1. The molecule has 0 saturated carbocycles. The predicted octanol–water partition coefficient (Wildman–Crippen LogP) is 2.16. The number of rotatable bonds is 4. The number of ether oxygens (including phenoxy) is 1. The minimum atomic E-state index is -0.433. The number of nitrogens with zero attached hydrogens (tertiary/aromatic N) is 1. The summed E-state index contributed by atoms with van der Waals surface area (Å²) in [7, 11) is 1.67. The second kappa shape index (κ2) is 5.86. The average molecular weight is 202 g/mol. The van der Waals surface area contributed by atoms with Gasteiger partial charge in [0, 0.05) is 13.6 Å². The first-order valence-corrected chi connectivity index (χ1v) is 5.07. The second-order valence-electron chi connectivity index (χ2n) is 4.30. The zero-order chi connectivity index (χ0) is 11.2. The number of hydrogen-bond donors (Lipinski definition) is 1. The maximum atomic E-state index is 11.4. The van der Waals surface area contributed by atoms with Gasteiger partial charge in [0.05, 0.1) is 0 Å². The Balaban J connectivity index is 3.77. The average Bonchev–Trinajstić information content (AvgIpc) is 2.01. The van der Waals surface area contributed by atoms with Crippen molar-refractivity contribution in [1.82, 2.24) is 10.4 Å². The number of hydrogen-bond acceptors (Lipinski definition) is 3. The zero-order valence-electron chi connectivity index (χ0n) is 9.89. The van der Waals surface area contributed by atoms with Crippen molar-refractivity contribution in [3.05, 3.63) is 0 Å². The van der Waals surface area contributed by atoms with E-state index in [1.807, 2.05) is 20.8 Å². The lowest BCUT2D eigenvalue weighted by atomic mass is 10.2. The molecule has 0 bridgehead atoms. The SMILES string of the molecule is CCCCNN(C)C(=O)OC(C)(C)C. The number of carbonyl (C=O) groups excluding carboxylic acids is 1. The Kier molecular flexibility index (Phi) is 5.53. The molecule has 0 heterocycles. The fourth-order valence-electron chi connectivity index (χ4n) is 0.818. The van der Waals surface area contributed by atoms with E-state index in [9.17, 15) is 4.79 Å². The molecule has 84 valence electrons. The van der Waals surface area contributed by atoms with Crippen LogP contribution in [0.5, 0.6) is 0 Å². The molecule has 0 radical (unpaired) electrons. The second-order valence-corrected chi connectivity index (χ2v) is 4.30. The summed E-state index contributed by atoms with van der Waals surface area (Å²) in [4.78, 5) is 11.4. The van der Waals surface area contributed by atoms with E-state index in [1.165, 1.54) is 5.01 Å². The zero-order valence-corrected chi connectivity index (χ0v) is 9.89. The topological polar surface area (TPSA) is 41.6 Å². The molecule has 1 amide bonds. The van der Waals surface area contributed by atoms with Crippen LogP contribution >= 0.6 is 0 Å². The van der Waals surface area contributed by atoms with E-state index in [-0.39, 0.29) is 6.09 Å². The summed E-state index contributed by atoms with van der Waals surface area (Å²) in [6.45, 7) is 8.46. The van der Waals surface area contributed by atoms with Gasteiger partial charge in [0.1, 0.15) is 5.60 Å². The van der Waals surface area contributed by atoms with Gasteiger partial charge >= 0.3 is 6.09 Å². The Labute approximate surface area is 86.6 Å². The third kappa shape index (κ3) is 6.71. The van der Waals surface area contributed by atoms with Crippen LogP contribution in [0.3, 0.4) is 0 Å². The Morgan fingerprint density at radius 2 is 2.00 bits per heavy atom. The van der Waals surface area contributed by atoms with Crippen LogP contribution in [0.2, 0.25) is 0 Å². The summed E-state index contributed by atoms with van der Waals surface area (Å²) in [5, 5.41) is 1.39. The Hall–Kier alpha value is -0.770. The van der Waals surface area contributed by atoms with Crippen LogP contribution in [-0.4, -0.2) is 30.3 Å². The summed E-state index contributed by atoms with van der Waals surface area (Å²) in [5.74, 6) is 0. The molecule has 4 nitrogen and oxygen atoms in total. The molecule has 0 aromatic rings. The molecule has 0 aliphatic carbocycles. The Morgan fingerprint density at radius 1 is 1.43 bits per heavy atom. The number of nitrogens with one attached hydrogen (secondary N) is 1. The molecule has 0 aliphatic rings. The van der Waals surface area contributed by atoms with Crippen LogP contribution in [0.1, 0.15) is 40.5 Å². The summed E-state index contributed by atoms with van der Waals surface area (Å²) in [6, 6.07) is 0. The van der Waals surface area contributed by atoms with Crippen molar-refractivity contribution in [3.8, 4) is 0 Å². The third-order valence-electron chi connectivity index (χ3n) is 1.55. The number of amides is 1. The van der Waals surface area contributed by atoms with E-state index in [0.717, 1.165) is 19.4 Å². The molecule has 0 saturated heterocycles. The van der Waals surface area contributed by atoms with Gasteiger partial charge in [-0.2, -0.15) is 0 Å². The maximum Gasteiger partial charge on any atom is 0.424 e. The van der Waals surface area contributed by atoms with Gasteiger partial charge in [0.2, 0.25) is 0 Å². The highest BCUT2D eigenvalue weighted by Crippen LogP contribution is 2.07. The van der Waals surface area contributed by atoms with Gasteiger partial charge in [-0.05, 0) is 27.2 Å². The molecular formula is C10H22N2O2. The fourth-order valence-corrected chi connectivity index (χ4v) is 0.818. The van der Waals surface area contributed by atoms with Gasteiger partial charge in [-0.1, -0.05) is 13.3 Å². The van der Waals surface area contributed by atoms with Crippen molar-refractivity contribution in [2.24, 2.45) is 0 Å². The summed E-state index contributed by atoms with van der Waals surface area (Å²) >= 11 is 0. The summed E-state index contributed by atoms with van der Waals surface area (Å²) in [6.07, 6.45) is 1.82. The smallest absolute Gasteiger partial charge is 0.424 e. The van der Waals surface area contributed by atoms with Gasteiger partial charge in [0.15, 0.2) is 0 Å². The van der Waals surface area contributed by atoms with Crippen LogP contribution in [0.25, 0.3) is 0 Å². The number of carbonyl (C=O) groups is 1. The maximum absolute atomic E-state index is 11.4. The highest BCUT2D eigenvalue weighted by molar-refractivity contribution is 5.67. The highest BCUT2D eigenvalue weighted by Gasteiger charge is 2.18. The molecule has 0 aromatic heterocycles. The Morgan fingerprint density at radius 3 is 2.43 bits per heavy atom. The van der Waals surface area contributed by atoms with E-state index in [2.05, 4.69) is 12.3 Å². The molecule has 0 unspecified atom stereocenters. The van der Waals surface area contributed by atoms with Crippen molar-refractivity contribution in [3.63, 3.8) is 0 Å². The van der Waals surface area contributed by atoms with Crippen LogP contribution in [0.15, 0.2) is 0 Å². The van der Waals surface area contributed by atoms with Gasteiger partial charge in [-0.3, -0.25) is 0 Å². The van der Waals surface area contributed by atoms with Crippen LogP contribution in [-0.2, 0) is 4.74 Å². The first-order valence-electron chi connectivity index (χ1n) is 5.07. The first-order chi connectivity index (χ1) is 6.37. The minimum Gasteiger partial charge on any atom is -0.443 e. The molecule has 1 N–H and O–H groups in total. The lowest BCUT2D eigenvalue weighted by Crippen LogP contribution is -2.43. The van der Waals surface area contributed by atoms with E-state index in [0.29, 0.717) is 0 Å². The van der Waals surface area contributed by atoms with Gasteiger partial charge in [0.25, 0.3) is 0 Å². The molecule has 4 heteroatoms. The molecule has 14 heavy (non-hydrogen) atoms. The van der Waals surface area contributed by atoms with Gasteiger partial charge in [-0.25, -0.2) is 15.2 Å². The first kappa shape index (κ1) is 13.2. The molecule has 0 aliphatic heterocycles. The number of unbranched alkanes of at least 4 members (excludes halogenated alkanes) is 1. The van der Waals surface area contributed by atoms with Crippen molar-refractivity contribution >= 4 is 6.09 Å². The third-order valence-corrected chi connectivity index (χ3v) is 1.55. The lowest BCUT2D eigenvalue weighted by molar-refractivity contribution is 0.0202. The van der Waals surface area contributed by atoms with Crippen molar-refractivity contribution in [2.45, 2.75) is 46.1 Å². The van der Waals surface area contributed by atoms with Crippen LogP contribution < -0.4 is 5.43 Å². The van der Waals surface area contributed by atoms with Crippen molar-refractivity contribution in [1.29, 1.82) is 0 Å². The highest BCUT2D eigenvalue weighted by atomic mass is 16.6. The van der Waals surface area contributed by atoms with Gasteiger partial charge < -0.3 is 4.74 Å². The van der Waals surface area contributed by atoms with Gasteiger partial charge in [-0.15, -0.1) is 0 Å².